The van der Waals surface area contributed by atoms with Crippen LogP contribution < -0.4 is 14.8 Å². The van der Waals surface area contributed by atoms with Crippen molar-refractivity contribution < 1.29 is 18.7 Å². The molecule has 0 bridgehead atoms. The first-order valence-corrected chi connectivity index (χ1v) is 9.57. The number of hydrogen-bond donors (Lipinski definition) is 1. The SMILES string of the molecule is COc1cc(NC(=O)[C@@H]2CCCN(Cc3ccc(F)cc3)C2)c(OC)cc1Cl. The number of carbonyl (C=O) groups is 1. The van der Waals surface area contributed by atoms with Gasteiger partial charge in [-0.25, -0.2) is 4.39 Å². The van der Waals surface area contributed by atoms with Crippen LogP contribution in [0.25, 0.3) is 0 Å². The first-order chi connectivity index (χ1) is 13.5. The summed E-state index contributed by atoms with van der Waals surface area (Å²) in [5.74, 6) is 0.511. The number of rotatable bonds is 6. The fourth-order valence-electron chi connectivity index (χ4n) is 3.45. The number of ether oxygens (including phenoxy) is 2. The Morgan fingerprint density at radius 3 is 2.61 bits per heavy atom. The molecule has 0 radical (unpaired) electrons. The third-order valence-corrected chi connectivity index (χ3v) is 5.22. The molecule has 5 nitrogen and oxygen atoms in total. The number of benzene rings is 2. The maximum atomic E-state index is 13.1. The highest BCUT2D eigenvalue weighted by atomic mass is 35.5. The fourth-order valence-corrected chi connectivity index (χ4v) is 3.68. The summed E-state index contributed by atoms with van der Waals surface area (Å²) in [6.07, 6.45) is 1.75. The van der Waals surface area contributed by atoms with Crippen LogP contribution >= 0.6 is 11.6 Å². The third kappa shape index (κ3) is 4.94. The van der Waals surface area contributed by atoms with E-state index in [0.717, 1.165) is 24.9 Å². The van der Waals surface area contributed by atoms with Crippen LogP contribution in [0.15, 0.2) is 36.4 Å². The summed E-state index contributed by atoms with van der Waals surface area (Å²) in [5.41, 5.74) is 1.57. The van der Waals surface area contributed by atoms with Gasteiger partial charge in [0.05, 0.1) is 30.8 Å². The Bertz CT molecular complexity index is 829. The lowest BCUT2D eigenvalue weighted by molar-refractivity contribution is -0.121. The van der Waals surface area contributed by atoms with E-state index in [4.69, 9.17) is 21.1 Å². The van der Waals surface area contributed by atoms with Crippen LogP contribution in [-0.2, 0) is 11.3 Å². The zero-order valence-electron chi connectivity index (χ0n) is 16.0. The number of carbonyl (C=O) groups excluding carboxylic acids is 1. The zero-order chi connectivity index (χ0) is 20.1. The Kier molecular flexibility index (Phi) is 6.75. The minimum atomic E-state index is -0.244. The molecule has 150 valence electrons. The molecule has 2 aromatic carbocycles. The lowest BCUT2D eigenvalue weighted by Gasteiger charge is -2.32. The van der Waals surface area contributed by atoms with Gasteiger partial charge < -0.3 is 14.8 Å². The highest BCUT2D eigenvalue weighted by Gasteiger charge is 2.26. The molecular formula is C21H24ClFN2O3. The minimum absolute atomic E-state index is 0.0634. The summed E-state index contributed by atoms with van der Waals surface area (Å²) in [5, 5.41) is 3.36. The van der Waals surface area contributed by atoms with Crippen LogP contribution in [0.1, 0.15) is 18.4 Å². The summed E-state index contributed by atoms with van der Waals surface area (Å²) in [6.45, 7) is 2.26. The molecule has 3 rings (SSSR count). The molecule has 1 N–H and O–H groups in total. The maximum Gasteiger partial charge on any atom is 0.228 e. The summed E-state index contributed by atoms with van der Waals surface area (Å²) >= 11 is 6.12. The molecule has 1 aliphatic rings. The summed E-state index contributed by atoms with van der Waals surface area (Å²) in [7, 11) is 3.05. The van der Waals surface area contributed by atoms with E-state index in [1.807, 2.05) is 0 Å². The van der Waals surface area contributed by atoms with Crippen LogP contribution in [-0.4, -0.2) is 38.1 Å². The van der Waals surface area contributed by atoms with Crippen LogP contribution in [0.2, 0.25) is 5.02 Å². The number of nitrogens with zero attached hydrogens (tertiary/aromatic N) is 1. The molecule has 1 atom stereocenters. The largest absolute Gasteiger partial charge is 0.495 e. The molecule has 0 aromatic heterocycles. The van der Waals surface area contributed by atoms with Crippen molar-refractivity contribution >= 4 is 23.2 Å². The highest BCUT2D eigenvalue weighted by Crippen LogP contribution is 2.36. The smallest absolute Gasteiger partial charge is 0.228 e. The molecule has 1 fully saturated rings. The van der Waals surface area contributed by atoms with E-state index < -0.39 is 0 Å². The van der Waals surface area contributed by atoms with E-state index in [1.165, 1.54) is 26.4 Å². The van der Waals surface area contributed by atoms with Crippen LogP contribution in [0.5, 0.6) is 11.5 Å². The average molecular weight is 407 g/mol. The van der Waals surface area contributed by atoms with E-state index in [2.05, 4.69) is 10.2 Å². The molecule has 7 heteroatoms. The molecule has 0 spiro atoms. The molecule has 2 aromatic rings. The third-order valence-electron chi connectivity index (χ3n) is 4.93. The molecule has 1 saturated heterocycles. The number of amides is 1. The van der Waals surface area contributed by atoms with Gasteiger partial charge in [0, 0.05) is 25.2 Å². The lowest BCUT2D eigenvalue weighted by atomic mass is 9.96. The van der Waals surface area contributed by atoms with Gasteiger partial charge in [0.1, 0.15) is 17.3 Å². The number of nitrogens with one attached hydrogen (secondary N) is 1. The second kappa shape index (κ2) is 9.26. The van der Waals surface area contributed by atoms with Gasteiger partial charge in [-0.2, -0.15) is 0 Å². The molecular weight excluding hydrogens is 383 g/mol. The molecule has 1 heterocycles. The molecule has 1 aliphatic heterocycles. The number of piperidine rings is 1. The summed E-state index contributed by atoms with van der Waals surface area (Å²) < 4.78 is 23.6. The summed E-state index contributed by atoms with van der Waals surface area (Å²) in [6, 6.07) is 9.77. The molecule has 0 unspecified atom stereocenters. The van der Waals surface area contributed by atoms with E-state index in [1.54, 1.807) is 24.3 Å². The number of likely N-dealkylation sites (tertiary alicyclic amines) is 1. The topological polar surface area (TPSA) is 50.8 Å². The van der Waals surface area contributed by atoms with Gasteiger partial charge in [0.25, 0.3) is 0 Å². The number of halogens is 2. The Morgan fingerprint density at radius 2 is 1.93 bits per heavy atom. The van der Waals surface area contributed by atoms with Gasteiger partial charge in [0.15, 0.2) is 0 Å². The quantitative estimate of drug-likeness (QED) is 0.775. The molecule has 0 aliphatic carbocycles. The van der Waals surface area contributed by atoms with Gasteiger partial charge in [0.2, 0.25) is 5.91 Å². The Morgan fingerprint density at radius 1 is 1.21 bits per heavy atom. The minimum Gasteiger partial charge on any atom is -0.495 e. The van der Waals surface area contributed by atoms with Crippen molar-refractivity contribution in [3.63, 3.8) is 0 Å². The predicted molar refractivity (Wildman–Crippen MR) is 108 cm³/mol. The molecule has 28 heavy (non-hydrogen) atoms. The number of anilines is 1. The monoisotopic (exact) mass is 406 g/mol. The van der Waals surface area contributed by atoms with E-state index in [-0.39, 0.29) is 17.6 Å². The second-order valence-corrected chi connectivity index (χ2v) is 7.28. The van der Waals surface area contributed by atoms with Gasteiger partial charge in [-0.05, 0) is 37.1 Å². The Hall–Kier alpha value is -2.31. The molecule has 1 amide bonds. The fraction of sp³-hybridized carbons (Fsp3) is 0.381. The average Bonchev–Trinajstić information content (AvgIpc) is 2.70. The lowest BCUT2D eigenvalue weighted by Crippen LogP contribution is -2.40. The van der Waals surface area contributed by atoms with Gasteiger partial charge in [-0.3, -0.25) is 9.69 Å². The van der Waals surface area contributed by atoms with Gasteiger partial charge in [-0.15, -0.1) is 0 Å². The first kappa shape index (κ1) is 20.4. The second-order valence-electron chi connectivity index (χ2n) is 6.88. The number of hydrogen-bond acceptors (Lipinski definition) is 4. The van der Waals surface area contributed by atoms with Gasteiger partial charge in [-0.1, -0.05) is 23.7 Å². The van der Waals surface area contributed by atoms with E-state index in [9.17, 15) is 9.18 Å². The van der Waals surface area contributed by atoms with Crippen molar-refractivity contribution in [1.29, 1.82) is 0 Å². The van der Waals surface area contributed by atoms with Crippen molar-refractivity contribution in [3.8, 4) is 11.5 Å². The van der Waals surface area contributed by atoms with Crippen molar-refractivity contribution in [3.05, 3.63) is 52.8 Å². The van der Waals surface area contributed by atoms with Crippen LogP contribution in [0.3, 0.4) is 0 Å². The van der Waals surface area contributed by atoms with Crippen molar-refractivity contribution in [2.75, 3.05) is 32.6 Å². The van der Waals surface area contributed by atoms with Crippen molar-refractivity contribution in [1.82, 2.24) is 4.90 Å². The predicted octanol–water partition coefficient (Wildman–Crippen LogP) is 4.35. The van der Waals surface area contributed by atoms with E-state index in [0.29, 0.717) is 35.3 Å². The van der Waals surface area contributed by atoms with Crippen LogP contribution in [0, 0.1) is 11.7 Å². The number of methoxy groups -OCH3 is 2. The Labute approximate surface area is 169 Å². The zero-order valence-corrected chi connectivity index (χ0v) is 16.8. The summed E-state index contributed by atoms with van der Waals surface area (Å²) in [4.78, 5) is 15.1. The van der Waals surface area contributed by atoms with Crippen molar-refractivity contribution in [2.45, 2.75) is 19.4 Å². The van der Waals surface area contributed by atoms with E-state index >= 15 is 0 Å². The highest BCUT2D eigenvalue weighted by molar-refractivity contribution is 6.32. The van der Waals surface area contributed by atoms with Gasteiger partial charge >= 0.3 is 0 Å². The van der Waals surface area contributed by atoms with Crippen LogP contribution in [0.4, 0.5) is 10.1 Å². The Balaban J connectivity index is 1.66. The standard InChI is InChI=1S/C21H24ClFN2O3/c1-27-19-11-18(20(28-2)10-17(19)22)24-21(26)15-4-3-9-25(13-15)12-14-5-7-16(23)8-6-14/h5-8,10-11,15H,3-4,9,12-13H2,1-2H3,(H,24,26)/t15-/m1/s1. The first-order valence-electron chi connectivity index (χ1n) is 9.19. The normalized spacial score (nSPS) is 17.2. The molecule has 0 saturated carbocycles. The maximum absolute atomic E-state index is 13.1. The van der Waals surface area contributed by atoms with Crippen molar-refractivity contribution in [2.24, 2.45) is 5.92 Å².